The molecule has 0 spiro atoms. The Morgan fingerprint density at radius 3 is 2.92 bits per heavy atom. The van der Waals surface area contributed by atoms with Crippen LogP contribution in [0.3, 0.4) is 0 Å². The summed E-state index contributed by atoms with van der Waals surface area (Å²) in [5.41, 5.74) is 4.94. The topological polar surface area (TPSA) is 80.9 Å². The number of aryl methyl sites for hydroxylation is 1. The molecular formula is C7H9ClN4O. The van der Waals surface area contributed by atoms with E-state index in [1.165, 1.54) is 6.07 Å². The van der Waals surface area contributed by atoms with E-state index in [2.05, 4.69) is 15.3 Å². The molecule has 0 aliphatic rings. The van der Waals surface area contributed by atoms with Gasteiger partial charge in [-0.05, 0) is 6.92 Å². The highest BCUT2D eigenvalue weighted by Gasteiger charge is 2.00. The fourth-order valence-corrected chi connectivity index (χ4v) is 1.03. The summed E-state index contributed by atoms with van der Waals surface area (Å²) in [6.45, 7) is 1.74. The molecule has 0 aliphatic carbocycles. The summed E-state index contributed by atoms with van der Waals surface area (Å²) in [7, 11) is 0. The van der Waals surface area contributed by atoms with Gasteiger partial charge in [0.05, 0.1) is 6.54 Å². The maximum absolute atomic E-state index is 10.4. The normalized spacial score (nSPS) is 9.69. The lowest BCUT2D eigenvalue weighted by atomic mass is 10.5. The van der Waals surface area contributed by atoms with Crippen LogP contribution < -0.4 is 11.1 Å². The number of aromatic nitrogens is 2. The van der Waals surface area contributed by atoms with Crippen LogP contribution in [0.25, 0.3) is 0 Å². The van der Waals surface area contributed by atoms with Crippen molar-refractivity contribution in [3.05, 3.63) is 17.0 Å². The van der Waals surface area contributed by atoms with Gasteiger partial charge >= 0.3 is 0 Å². The Kier molecular flexibility index (Phi) is 3.02. The van der Waals surface area contributed by atoms with Crippen LogP contribution in [0.2, 0.25) is 5.15 Å². The van der Waals surface area contributed by atoms with Crippen molar-refractivity contribution in [2.75, 3.05) is 11.9 Å². The summed E-state index contributed by atoms with van der Waals surface area (Å²) in [5, 5.41) is 3.05. The zero-order chi connectivity index (χ0) is 9.84. The van der Waals surface area contributed by atoms with Crippen molar-refractivity contribution in [3.63, 3.8) is 0 Å². The van der Waals surface area contributed by atoms with Crippen molar-refractivity contribution in [3.8, 4) is 0 Å². The van der Waals surface area contributed by atoms with Gasteiger partial charge in [0.2, 0.25) is 5.91 Å². The van der Waals surface area contributed by atoms with Gasteiger partial charge in [-0.1, -0.05) is 11.6 Å². The van der Waals surface area contributed by atoms with E-state index in [-0.39, 0.29) is 6.54 Å². The molecule has 0 aliphatic heterocycles. The third-order valence-corrected chi connectivity index (χ3v) is 1.44. The molecule has 1 heterocycles. The van der Waals surface area contributed by atoms with E-state index < -0.39 is 5.91 Å². The number of amides is 1. The first-order valence-corrected chi connectivity index (χ1v) is 3.99. The fraction of sp³-hybridized carbons (Fsp3) is 0.286. The summed E-state index contributed by atoms with van der Waals surface area (Å²) in [4.78, 5) is 18.3. The van der Waals surface area contributed by atoms with E-state index in [4.69, 9.17) is 17.3 Å². The molecule has 0 aromatic carbocycles. The summed E-state index contributed by atoms with van der Waals surface area (Å²) < 4.78 is 0. The van der Waals surface area contributed by atoms with Crippen LogP contribution in [0.4, 0.5) is 5.82 Å². The van der Waals surface area contributed by atoms with E-state index in [0.29, 0.717) is 16.8 Å². The highest BCUT2D eigenvalue weighted by atomic mass is 35.5. The number of hydrogen-bond donors (Lipinski definition) is 2. The molecule has 0 fully saturated rings. The maximum Gasteiger partial charge on any atom is 0.236 e. The molecule has 5 nitrogen and oxygen atoms in total. The molecule has 3 N–H and O–H groups in total. The SMILES string of the molecule is Cc1nc(Cl)cc(NCC(N)=O)n1. The van der Waals surface area contributed by atoms with E-state index in [1.807, 2.05) is 0 Å². The van der Waals surface area contributed by atoms with Gasteiger partial charge in [-0.2, -0.15) is 0 Å². The molecule has 0 unspecified atom stereocenters. The molecule has 0 saturated heterocycles. The maximum atomic E-state index is 10.4. The lowest BCUT2D eigenvalue weighted by molar-refractivity contribution is -0.116. The number of carbonyl (C=O) groups is 1. The van der Waals surface area contributed by atoms with Crippen molar-refractivity contribution >= 4 is 23.3 Å². The van der Waals surface area contributed by atoms with Crippen LogP contribution in [0.5, 0.6) is 0 Å². The molecule has 0 bridgehead atoms. The molecule has 1 rings (SSSR count). The first-order valence-electron chi connectivity index (χ1n) is 3.61. The number of hydrogen-bond acceptors (Lipinski definition) is 4. The Balaban J connectivity index is 2.71. The quantitative estimate of drug-likeness (QED) is 0.690. The summed E-state index contributed by atoms with van der Waals surface area (Å²) in [5.74, 6) is 0.586. The molecule has 1 aromatic heterocycles. The predicted molar refractivity (Wildman–Crippen MR) is 49.5 cm³/mol. The summed E-state index contributed by atoms with van der Waals surface area (Å²) in [6.07, 6.45) is 0. The van der Waals surface area contributed by atoms with Gasteiger partial charge in [-0.25, -0.2) is 9.97 Å². The lowest BCUT2D eigenvalue weighted by Crippen LogP contribution is -2.22. The molecule has 0 saturated carbocycles. The van der Waals surface area contributed by atoms with Crippen LogP contribution in [-0.2, 0) is 4.79 Å². The van der Waals surface area contributed by atoms with Crippen molar-refractivity contribution in [2.45, 2.75) is 6.92 Å². The Hall–Kier alpha value is -1.36. The first-order chi connectivity index (χ1) is 6.08. The number of primary amides is 1. The average molecular weight is 201 g/mol. The Labute approximate surface area is 80.3 Å². The van der Waals surface area contributed by atoms with Crippen LogP contribution in [0.1, 0.15) is 5.82 Å². The van der Waals surface area contributed by atoms with Crippen molar-refractivity contribution in [1.82, 2.24) is 9.97 Å². The van der Waals surface area contributed by atoms with E-state index >= 15 is 0 Å². The van der Waals surface area contributed by atoms with Gasteiger partial charge < -0.3 is 11.1 Å². The van der Waals surface area contributed by atoms with Crippen molar-refractivity contribution in [1.29, 1.82) is 0 Å². The summed E-state index contributed by atoms with van der Waals surface area (Å²) in [6, 6.07) is 1.53. The number of halogens is 1. The minimum Gasteiger partial charge on any atom is -0.368 e. The van der Waals surface area contributed by atoms with Crippen molar-refractivity contribution < 1.29 is 4.79 Å². The summed E-state index contributed by atoms with van der Waals surface area (Å²) >= 11 is 5.66. The first kappa shape index (κ1) is 9.73. The van der Waals surface area contributed by atoms with Crippen LogP contribution in [0.15, 0.2) is 6.07 Å². The monoisotopic (exact) mass is 200 g/mol. The second-order valence-electron chi connectivity index (χ2n) is 2.44. The van der Waals surface area contributed by atoms with Gasteiger partial charge in [-0.3, -0.25) is 4.79 Å². The third kappa shape index (κ3) is 3.25. The van der Waals surface area contributed by atoms with Crippen LogP contribution >= 0.6 is 11.6 Å². The molecule has 0 radical (unpaired) electrons. The zero-order valence-corrected chi connectivity index (χ0v) is 7.80. The van der Waals surface area contributed by atoms with Gasteiger partial charge in [0.15, 0.2) is 0 Å². The smallest absolute Gasteiger partial charge is 0.236 e. The van der Waals surface area contributed by atoms with E-state index in [1.54, 1.807) is 6.92 Å². The van der Waals surface area contributed by atoms with Gasteiger partial charge in [-0.15, -0.1) is 0 Å². The van der Waals surface area contributed by atoms with Gasteiger partial charge in [0, 0.05) is 6.07 Å². The highest BCUT2D eigenvalue weighted by Crippen LogP contribution is 2.10. The Morgan fingerprint density at radius 2 is 2.38 bits per heavy atom. The molecule has 0 atom stereocenters. The number of anilines is 1. The predicted octanol–water partition coefficient (Wildman–Crippen LogP) is 0.336. The third-order valence-electron chi connectivity index (χ3n) is 1.25. The minimum absolute atomic E-state index is 0.0345. The largest absolute Gasteiger partial charge is 0.368 e. The minimum atomic E-state index is -0.451. The Morgan fingerprint density at radius 1 is 1.69 bits per heavy atom. The van der Waals surface area contributed by atoms with E-state index in [9.17, 15) is 4.79 Å². The van der Waals surface area contributed by atoms with Crippen molar-refractivity contribution in [2.24, 2.45) is 5.73 Å². The van der Waals surface area contributed by atoms with Crippen LogP contribution in [-0.4, -0.2) is 22.4 Å². The van der Waals surface area contributed by atoms with Gasteiger partial charge in [0.25, 0.3) is 0 Å². The second kappa shape index (κ2) is 4.04. The number of nitrogens with two attached hydrogens (primary N) is 1. The second-order valence-corrected chi connectivity index (χ2v) is 2.83. The number of nitrogens with one attached hydrogen (secondary N) is 1. The lowest BCUT2D eigenvalue weighted by Gasteiger charge is -2.03. The molecule has 1 aromatic rings. The Bertz CT molecular complexity index is 308. The average Bonchev–Trinajstić information content (AvgIpc) is 1.99. The van der Waals surface area contributed by atoms with E-state index in [0.717, 1.165) is 0 Å². The van der Waals surface area contributed by atoms with Crippen LogP contribution in [0, 0.1) is 6.92 Å². The number of rotatable bonds is 3. The standard InChI is InChI=1S/C7H9ClN4O/c1-4-11-5(8)2-7(12-4)10-3-6(9)13/h2H,3H2,1H3,(H2,9,13)(H,10,11,12). The highest BCUT2D eigenvalue weighted by molar-refractivity contribution is 6.29. The van der Waals surface area contributed by atoms with Gasteiger partial charge in [0.1, 0.15) is 16.8 Å². The molecule has 70 valence electrons. The number of carbonyl (C=O) groups excluding carboxylic acids is 1. The molecular weight excluding hydrogens is 192 g/mol. The zero-order valence-electron chi connectivity index (χ0n) is 7.04. The molecule has 1 amide bonds. The number of nitrogens with zero attached hydrogens (tertiary/aromatic N) is 2. The fourth-order valence-electron chi connectivity index (χ4n) is 0.799. The molecule has 6 heteroatoms. The molecule has 13 heavy (non-hydrogen) atoms.